The molecule has 1 fully saturated rings. The number of piperazine rings is 1. The first-order valence-electron chi connectivity index (χ1n) is 8.67. The number of hydrogen-bond acceptors (Lipinski definition) is 4. The summed E-state index contributed by atoms with van der Waals surface area (Å²) in [5.41, 5.74) is 1.61. The Morgan fingerprint density at radius 3 is 2.36 bits per heavy atom. The second kappa shape index (κ2) is 8.43. The van der Waals surface area contributed by atoms with Crippen LogP contribution in [0.2, 0.25) is 0 Å². The number of ether oxygens (including phenoxy) is 1. The van der Waals surface area contributed by atoms with Crippen LogP contribution in [0.15, 0.2) is 48.5 Å². The Labute approximate surface area is 148 Å². The zero-order valence-electron chi connectivity index (χ0n) is 14.6. The molecule has 0 saturated carbocycles. The lowest BCUT2D eigenvalue weighted by Crippen LogP contribution is -2.46. The third-order valence-electron chi connectivity index (χ3n) is 4.77. The molecule has 1 N–H and O–H groups in total. The van der Waals surface area contributed by atoms with Crippen molar-refractivity contribution < 1.29 is 14.2 Å². The molecule has 2 aromatic rings. The van der Waals surface area contributed by atoms with E-state index in [2.05, 4.69) is 16.8 Å². The second-order valence-corrected chi connectivity index (χ2v) is 6.49. The third-order valence-corrected chi connectivity index (χ3v) is 4.77. The van der Waals surface area contributed by atoms with Crippen molar-refractivity contribution >= 4 is 0 Å². The van der Waals surface area contributed by atoms with Crippen LogP contribution < -0.4 is 4.74 Å². The summed E-state index contributed by atoms with van der Waals surface area (Å²) in [6.45, 7) is 4.23. The number of benzene rings is 2. The summed E-state index contributed by atoms with van der Waals surface area (Å²) in [5.74, 6) is 0.441. The topological polar surface area (TPSA) is 35.9 Å². The van der Waals surface area contributed by atoms with Crippen molar-refractivity contribution in [3.05, 3.63) is 65.5 Å². The van der Waals surface area contributed by atoms with Crippen LogP contribution in [0.4, 0.5) is 4.39 Å². The molecule has 0 amide bonds. The quantitative estimate of drug-likeness (QED) is 0.874. The molecule has 0 radical (unpaired) electrons. The first kappa shape index (κ1) is 17.9. The Morgan fingerprint density at radius 1 is 1.04 bits per heavy atom. The van der Waals surface area contributed by atoms with E-state index in [4.69, 9.17) is 4.74 Å². The predicted molar refractivity (Wildman–Crippen MR) is 96.1 cm³/mol. The highest BCUT2D eigenvalue weighted by molar-refractivity contribution is 5.30. The average molecular weight is 344 g/mol. The van der Waals surface area contributed by atoms with Crippen molar-refractivity contribution in [2.45, 2.75) is 12.6 Å². The van der Waals surface area contributed by atoms with E-state index < -0.39 is 0 Å². The van der Waals surface area contributed by atoms with E-state index in [0.29, 0.717) is 11.3 Å². The maximum Gasteiger partial charge on any atom is 0.129 e. The highest BCUT2D eigenvalue weighted by Crippen LogP contribution is 2.24. The van der Waals surface area contributed by atoms with Crippen molar-refractivity contribution in [2.75, 3.05) is 39.8 Å². The third kappa shape index (κ3) is 4.57. The molecule has 1 heterocycles. The summed E-state index contributed by atoms with van der Waals surface area (Å²) in [5, 5.41) is 9.82. The lowest BCUT2D eigenvalue weighted by atomic mass is 10.0. The van der Waals surface area contributed by atoms with Gasteiger partial charge in [0, 0.05) is 31.7 Å². The predicted octanol–water partition coefficient (Wildman–Crippen LogP) is 2.69. The summed E-state index contributed by atoms with van der Waals surface area (Å²) in [7, 11) is 2.12. The highest BCUT2D eigenvalue weighted by atomic mass is 19.1. The summed E-state index contributed by atoms with van der Waals surface area (Å²) in [6, 6.07) is 14.4. The minimum Gasteiger partial charge on any atom is -0.489 e. The smallest absolute Gasteiger partial charge is 0.129 e. The maximum absolute atomic E-state index is 13.6. The number of halogens is 1. The van der Waals surface area contributed by atoms with Gasteiger partial charge in [-0.25, -0.2) is 4.39 Å². The first-order chi connectivity index (χ1) is 12.2. The van der Waals surface area contributed by atoms with E-state index in [9.17, 15) is 9.50 Å². The van der Waals surface area contributed by atoms with Crippen LogP contribution in [0.3, 0.4) is 0 Å². The van der Waals surface area contributed by atoms with Gasteiger partial charge in [-0.15, -0.1) is 0 Å². The highest BCUT2D eigenvalue weighted by Gasteiger charge is 2.23. The number of likely N-dealkylation sites (N-methyl/N-ethyl adjacent to an activating group) is 1. The second-order valence-electron chi connectivity index (χ2n) is 6.49. The lowest BCUT2D eigenvalue weighted by Gasteiger charge is -2.37. The summed E-state index contributed by atoms with van der Waals surface area (Å²) < 4.78 is 19.3. The Morgan fingerprint density at radius 2 is 1.72 bits per heavy atom. The van der Waals surface area contributed by atoms with Gasteiger partial charge < -0.3 is 14.7 Å². The number of hydrogen-bond donors (Lipinski definition) is 1. The molecule has 1 saturated heterocycles. The Hall–Kier alpha value is -1.95. The minimum absolute atomic E-state index is 0.00863. The Kier molecular flexibility index (Phi) is 6.02. The van der Waals surface area contributed by atoms with E-state index in [1.54, 1.807) is 18.2 Å². The standard InChI is InChI=1S/C20H25FN2O2/c1-22-10-12-23(13-11-22)20(14-24)16-6-8-18(9-7-16)25-15-17-4-2-3-5-19(17)21/h2-9,20,24H,10-15H2,1H3. The largest absolute Gasteiger partial charge is 0.489 e. The minimum atomic E-state index is -0.255. The molecular weight excluding hydrogens is 319 g/mol. The zero-order valence-corrected chi connectivity index (χ0v) is 14.6. The van der Waals surface area contributed by atoms with Gasteiger partial charge >= 0.3 is 0 Å². The van der Waals surface area contributed by atoms with Crippen molar-refractivity contribution in [3.8, 4) is 5.75 Å². The molecule has 3 rings (SSSR count). The van der Waals surface area contributed by atoms with Gasteiger partial charge in [-0.1, -0.05) is 30.3 Å². The molecule has 1 aliphatic heterocycles. The van der Waals surface area contributed by atoms with Crippen LogP contribution in [0.5, 0.6) is 5.75 Å². The summed E-state index contributed by atoms with van der Waals surface area (Å²) in [4.78, 5) is 4.61. The number of aliphatic hydroxyl groups is 1. The molecule has 0 aromatic heterocycles. The van der Waals surface area contributed by atoms with Gasteiger partial charge in [-0.3, -0.25) is 4.90 Å². The van der Waals surface area contributed by atoms with Crippen molar-refractivity contribution in [3.63, 3.8) is 0 Å². The molecule has 1 atom stereocenters. The first-order valence-corrected chi connectivity index (χ1v) is 8.67. The number of rotatable bonds is 6. The van der Waals surface area contributed by atoms with Gasteiger partial charge in [0.05, 0.1) is 12.6 Å². The van der Waals surface area contributed by atoms with Crippen LogP contribution in [-0.2, 0) is 6.61 Å². The van der Waals surface area contributed by atoms with Crippen LogP contribution in [-0.4, -0.2) is 54.7 Å². The molecule has 25 heavy (non-hydrogen) atoms. The van der Waals surface area contributed by atoms with Crippen molar-refractivity contribution in [1.29, 1.82) is 0 Å². The van der Waals surface area contributed by atoms with E-state index in [1.165, 1.54) is 6.07 Å². The average Bonchev–Trinajstić information content (AvgIpc) is 2.64. The fraction of sp³-hybridized carbons (Fsp3) is 0.400. The number of nitrogens with zero attached hydrogens (tertiary/aromatic N) is 2. The number of aliphatic hydroxyl groups excluding tert-OH is 1. The molecule has 0 spiro atoms. The summed E-state index contributed by atoms with van der Waals surface area (Å²) >= 11 is 0. The summed E-state index contributed by atoms with van der Waals surface area (Å²) in [6.07, 6.45) is 0. The van der Waals surface area contributed by atoms with Crippen molar-refractivity contribution in [2.24, 2.45) is 0 Å². The van der Waals surface area contributed by atoms with Gasteiger partial charge in [0.2, 0.25) is 0 Å². The molecule has 2 aromatic carbocycles. The molecule has 134 valence electrons. The van der Waals surface area contributed by atoms with Crippen LogP contribution in [0.25, 0.3) is 0 Å². The molecule has 0 aliphatic carbocycles. The van der Waals surface area contributed by atoms with E-state index in [1.807, 2.05) is 24.3 Å². The van der Waals surface area contributed by atoms with Gasteiger partial charge in [0.1, 0.15) is 18.2 Å². The van der Waals surface area contributed by atoms with E-state index in [-0.39, 0.29) is 25.1 Å². The normalized spacial score (nSPS) is 17.4. The molecule has 5 heteroatoms. The van der Waals surface area contributed by atoms with Crippen LogP contribution in [0.1, 0.15) is 17.2 Å². The van der Waals surface area contributed by atoms with Crippen LogP contribution >= 0.6 is 0 Å². The molecular formula is C20H25FN2O2. The Bertz CT molecular complexity index is 670. The van der Waals surface area contributed by atoms with Gasteiger partial charge in [0.15, 0.2) is 0 Å². The fourth-order valence-electron chi connectivity index (χ4n) is 3.13. The van der Waals surface area contributed by atoms with Gasteiger partial charge in [-0.05, 0) is 30.8 Å². The van der Waals surface area contributed by atoms with Gasteiger partial charge in [0.25, 0.3) is 0 Å². The maximum atomic E-state index is 13.6. The Balaban J connectivity index is 1.61. The van der Waals surface area contributed by atoms with E-state index in [0.717, 1.165) is 31.7 Å². The molecule has 1 unspecified atom stereocenters. The van der Waals surface area contributed by atoms with Crippen LogP contribution in [0, 0.1) is 5.82 Å². The molecule has 1 aliphatic rings. The fourth-order valence-corrected chi connectivity index (χ4v) is 3.13. The SMILES string of the molecule is CN1CCN(C(CO)c2ccc(OCc3ccccc3F)cc2)CC1. The lowest BCUT2D eigenvalue weighted by molar-refractivity contribution is 0.0748. The molecule has 4 nitrogen and oxygen atoms in total. The van der Waals surface area contributed by atoms with Gasteiger partial charge in [-0.2, -0.15) is 0 Å². The van der Waals surface area contributed by atoms with E-state index >= 15 is 0 Å². The monoisotopic (exact) mass is 344 g/mol. The zero-order chi connectivity index (χ0) is 17.6. The van der Waals surface area contributed by atoms with Crippen molar-refractivity contribution in [1.82, 2.24) is 9.80 Å². The molecule has 0 bridgehead atoms.